The molecule has 132 valence electrons. The molecule has 1 aliphatic rings. The number of aromatic nitrogens is 1. The van der Waals surface area contributed by atoms with E-state index in [9.17, 15) is 9.59 Å². The Hall–Kier alpha value is -2.73. The van der Waals surface area contributed by atoms with Crippen LogP contribution in [0.25, 0.3) is 10.9 Å². The highest BCUT2D eigenvalue weighted by Crippen LogP contribution is 2.28. The maximum atomic E-state index is 11.9. The summed E-state index contributed by atoms with van der Waals surface area (Å²) in [5, 5.41) is 2.84. The lowest BCUT2D eigenvalue weighted by atomic mass is 10.0. The van der Waals surface area contributed by atoms with Gasteiger partial charge in [0.2, 0.25) is 5.91 Å². The van der Waals surface area contributed by atoms with Crippen LogP contribution in [0.5, 0.6) is 5.75 Å². The number of para-hydroxylation sites is 1. The van der Waals surface area contributed by atoms with E-state index in [2.05, 4.69) is 28.1 Å². The molecule has 26 heavy (non-hydrogen) atoms. The lowest BCUT2D eigenvalue weighted by molar-refractivity contribution is -0.118. The quantitative estimate of drug-likeness (QED) is 0.750. The molecule has 5 nitrogen and oxygen atoms in total. The Labute approximate surface area is 155 Å². The molecule has 2 aromatic carbocycles. The van der Waals surface area contributed by atoms with Crippen LogP contribution in [0.4, 0.5) is 4.79 Å². The van der Waals surface area contributed by atoms with Gasteiger partial charge in [-0.1, -0.05) is 42.1 Å². The molecule has 0 radical (unpaired) electrons. The van der Waals surface area contributed by atoms with Crippen molar-refractivity contribution in [2.24, 2.45) is 0 Å². The summed E-state index contributed by atoms with van der Waals surface area (Å²) in [5.41, 5.74) is 3.28. The van der Waals surface area contributed by atoms with E-state index in [1.165, 1.54) is 0 Å². The first-order chi connectivity index (χ1) is 12.7. The Bertz CT molecular complexity index is 996. The molecule has 0 saturated carbocycles. The van der Waals surface area contributed by atoms with Crippen LogP contribution in [0, 0.1) is 0 Å². The van der Waals surface area contributed by atoms with Crippen molar-refractivity contribution in [1.82, 2.24) is 9.88 Å². The summed E-state index contributed by atoms with van der Waals surface area (Å²) >= 11 is 1.07. The van der Waals surface area contributed by atoms with Crippen LogP contribution in [-0.4, -0.2) is 28.1 Å². The number of imide groups is 1. The molecular formula is C20H18N2O3S. The summed E-state index contributed by atoms with van der Waals surface area (Å²) < 4.78 is 7.62. The standard InChI is InChI=1S/C20H18N2O3S/c1-25-17-8-3-2-5-14(17)12-22-10-9-15-13(6-4-7-16(15)22)11-18-19(23)21-20(24)26-18/h2-10,18H,11-12H2,1H3,(H,21,23,24). The third-order valence-electron chi connectivity index (χ3n) is 4.61. The van der Waals surface area contributed by atoms with Crippen molar-refractivity contribution < 1.29 is 14.3 Å². The van der Waals surface area contributed by atoms with Gasteiger partial charge in [0.25, 0.3) is 5.24 Å². The molecular weight excluding hydrogens is 348 g/mol. The number of nitrogens with zero attached hydrogens (tertiary/aromatic N) is 1. The summed E-state index contributed by atoms with van der Waals surface area (Å²) in [5.74, 6) is 0.661. The van der Waals surface area contributed by atoms with E-state index in [4.69, 9.17) is 4.74 Å². The number of benzene rings is 2. The topological polar surface area (TPSA) is 60.3 Å². The van der Waals surface area contributed by atoms with Gasteiger partial charge in [-0.05, 0) is 30.2 Å². The van der Waals surface area contributed by atoms with Gasteiger partial charge in [0.15, 0.2) is 0 Å². The Balaban J connectivity index is 1.65. The third kappa shape index (κ3) is 3.08. The summed E-state index contributed by atoms with van der Waals surface area (Å²) in [6.07, 6.45) is 2.59. The monoisotopic (exact) mass is 366 g/mol. The minimum absolute atomic E-state index is 0.203. The molecule has 6 heteroatoms. The molecule has 1 aliphatic heterocycles. The fraction of sp³-hybridized carbons (Fsp3) is 0.200. The van der Waals surface area contributed by atoms with Gasteiger partial charge in [-0.25, -0.2) is 0 Å². The van der Waals surface area contributed by atoms with Crippen LogP contribution in [-0.2, 0) is 17.8 Å². The molecule has 4 rings (SSSR count). The molecule has 2 heterocycles. The van der Waals surface area contributed by atoms with Gasteiger partial charge in [-0.2, -0.15) is 0 Å². The normalized spacial score (nSPS) is 16.9. The molecule has 1 aromatic heterocycles. The summed E-state index contributed by atoms with van der Waals surface area (Å²) in [7, 11) is 1.68. The van der Waals surface area contributed by atoms with Crippen molar-refractivity contribution in [3.8, 4) is 5.75 Å². The number of ether oxygens (including phenoxy) is 1. The SMILES string of the molecule is COc1ccccc1Cn1ccc2c(CC3SC(=O)NC3=O)cccc21. The molecule has 0 spiro atoms. The lowest BCUT2D eigenvalue weighted by Gasteiger charge is -2.11. The van der Waals surface area contributed by atoms with Crippen LogP contribution in [0.1, 0.15) is 11.1 Å². The van der Waals surface area contributed by atoms with Gasteiger partial charge in [0.05, 0.1) is 18.9 Å². The minimum Gasteiger partial charge on any atom is -0.496 e. The van der Waals surface area contributed by atoms with Crippen LogP contribution >= 0.6 is 11.8 Å². The van der Waals surface area contributed by atoms with Crippen LogP contribution < -0.4 is 10.1 Å². The largest absolute Gasteiger partial charge is 0.496 e. The van der Waals surface area contributed by atoms with Gasteiger partial charge in [0.1, 0.15) is 5.75 Å². The van der Waals surface area contributed by atoms with Gasteiger partial charge in [-0.15, -0.1) is 0 Å². The maximum absolute atomic E-state index is 11.9. The predicted molar refractivity (Wildman–Crippen MR) is 103 cm³/mol. The summed E-state index contributed by atoms with van der Waals surface area (Å²) in [6.45, 7) is 0.702. The first-order valence-corrected chi connectivity index (χ1v) is 9.24. The molecule has 0 bridgehead atoms. The van der Waals surface area contributed by atoms with E-state index >= 15 is 0 Å². The maximum Gasteiger partial charge on any atom is 0.286 e. The summed E-state index contributed by atoms with van der Waals surface area (Å²) in [4.78, 5) is 23.3. The smallest absolute Gasteiger partial charge is 0.286 e. The highest BCUT2D eigenvalue weighted by molar-refractivity contribution is 8.15. The summed E-state index contributed by atoms with van der Waals surface area (Å²) in [6, 6.07) is 16.1. The number of hydrogen-bond acceptors (Lipinski definition) is 4. The third-order valence-corrected chi connectivity index (χ3v) is 5.59. The second-order valence-corrected chi connectivity index (χ2v) is 7.37. The predicted octanol–water partition coefficient (Wildman–Crippen LogP) is 3.59. The fourth-order valence-corrected chi connectivity index (χ4v) is 4.19. The van der Waals surface area contributed by atoms with Gasteiger partial charge in [0, 0.05) is 22.7 Å². The molecule has 1 saturated heterocycles. The first-order valence-electron chi connectivity index (χ1n) is 8.36. The second-order valence-electron chi connectivity index (χ2n) is 6.19. The molecule has 1 unspecified atom stereocenters. The number of carbonyl (C=O) groups is 2. The Morgan fingerprint density at radius 1 is 1.08 bits per heavy atom. The van der Waals surface area contributed by atoms with Crippen molar-refractivity contribution >= 4 is 33.8 Å². The van der Waals surface area contributed by atoms with Crippen molar-refractivity contribution in [3.63, 3.8) is 0 Å². The van der Waals surface area contributed by atoms with Crippen LogP contribution in [0.15, 0.2) is 54.7 Å². The number of fused-ring (bicyclic) bond motifs is 1. The zero-order valence-corrected chi connectivity index (χ0v) is 15.1. The van der Waals surface area contributed by atoms with Crippen molar-refractivity contribution in [2.45, 2.75) is 18.2 Å². The highest BCUT2D eigenvalue weighted by atomic mass is 32.2. The van der Waals surface area contributed by atoms with E-state index < -0.39 is 0 Å². The zero-order valence-electron chi connectivity index (χ0n) is 14.3. The first kappa shape index (κ1) is 16.7. The van der Waals surface area contributed by atoms with Crippen LogP contribution in [0.2, 0.25) is 0 Å². The van der Waals surface area contributed by atoms with E-state index in [-0.39, 0.29) is 16.4 Å². The molecule has 2 amide bonds. The number of carbonyl (C=O) groups excluding carboxylic acids is 2. The zero-order chi connectivity index (χ0) is 18.1. The van der Waals surface area contributed by atoms with Gasteiger partial charge < -0.3 is 9.30 Å². The Morgan fingerprint density at radius 2 is 1.88 bits per heavy atom. The highest BCUT2D eigenvalue weighted by Gasteiger charge is 2.31. The number of amides is 2. The van der Waals surface area contributed by atoms with Gasteiger partial charge >= 0.3 is 0 Å². The molecule has 1 N–H and O–H groups in total. The number of methoxy groups -OCH3 is 1. The van der Waals surface area contributed by atoms with Crippen LogP contribution in [0.3, 0.4) is 0 Å². The van der Waals surface area contributed by atoms with Crippen molar-refractivity contribution in [1.29, 1.82) is 0 Å². The fourth-order valence-electron chi connectivity index (χ4n) is 3.35. The molecule has 1 fully saturated rings. The number of nitrogens with one attached hydrogen (secondary N) is 1. The molecule has 3 aromatic rings. The van der Waals surface area contributed by atoms with Crippen molar-refractivity contribution in [2.75, 3.05) is 7.11 Å². The Kier molecular flexibility index (Phi) is 4.42. The number of hydrogen-bond donors (Lipinski definition) is 1. The molecule has 1 atom stereocenters. The van der Waals surface area contributed by atoms with E-state index in [1.54, 1.807) is 7.11 Å². The average molecular weight is 366 g/mol. The van der Waals surface area contributed by atoms with Gasteiger partial charge in [-0.3, -0.25) is 14.9 Å². The number of thioether (sulfide) groups is 1. The number of rotatable bonds is 5. The van der Waals surface area contributed by atoms with Crippen molar-refractivity contribution in [3.05, 3.63) is 65.9 Å². The average Bonchev–Trinajstić information content (AvgIpc) is 3.19. The Morgan fingerprint density at radius 3 is 2.65 bits per heavy atom. The molecule has 0 aliphatic carbocycles. The lowest BCUT2D eigenvalue weighted by Crippen LogP contribution is -2.25. The minimum atomic E-state index is -0.356. The van der Waals surface area contributed by atoms with E-state index in [1.807, 2.05) is 36.5 Å². The second kappa shape index (κ2) is 6.88. The van der Waals surface area contributed by atoms with E-state index in [0.717, 1.165) is 39.5 Å². The van der Waals surface area contributed by atoms with E-state index in [0.29, 0.717) is 13.0 Å².